The van der Waals surface area contributed by atoms with Gasteiger partial charge in [-0.15, -0.1) is 0 Å². The van der Waals surface area contributed by atoms with Crippen LogP contribution in [0.4, 0.5) is 5.82 Å². The van der Waals surface area contributed by atoms with Crippen LogP contribution in [0.5, 0.6) is 0 Å². The van der Waals surface area contributed by atoms with Crippen LogP contribution in [-0.2, 0) is 0 Å². The molecule has 1 aromatic rings. The minimum absolute atomic E-state index is 0.0516. The van der Waals surface area contributed by atoms with Gasteiger partial charge in [0.25, 0.3) is 0 Å². The van der Waals surface area contributed by atoms with E-state index in [1.54, 1.807) is 6.20 Å². The molecule has 0 amide bonds. The maximum absolute atomic E-state index is 9.27. The largest absolute Gasteiger partial charge is 0.395 e. The molecule has 102 valence electrons. The van der Waals surface area contributed by atoms with E-state index in [1.807, 2.05) is 19.1 Å². The second-order valence-electron chi connectivity index (χ2n) is 4.59. The van der Waals surface area contributed by atoms with E-state index in [1.165, 1.54) is 0 Å². The van der Waals surface area contributed by atoms with Gasteiger partial charge in [-0.25, -0.2) is 4.98 Å². The molecule has 1 aromatic heterocycles. The zero-order chi connectivity index (χ0) is 13.5. The van der Waals surface area contributed by atoms with Crippen molar-refractivity contribution in [3.63, 3.8) is 0 Å². The molecule has 4 nitrogen and oxygen atoms in total. The van der Waals surface area contributed by atoms with Crippen LogP contribution >= 0.6 is 0 Å². The Morgan fingerprint density at radius 3 is 2.56 bits per heavy atom. The van der Waals surface area contributed by atoms with Gasteiger partial charge in [0.2, 0.25) is 0 Å². The van der Waals surface area contributed by atoms with E-state index in [4.69, 9.17) is 5.73 Å². The number of aliphatic hydroxyl groups excluding tert-OH is 1. The summed E-state index contributed by atoms with van der Waals surface area (Å²) in [6, 6.07) is 4.26. The molecule has 3 N–H and O–H groups in total. The molecule has 0 aliphatic rings. The van der Waals surface area contributed by atoms with Crippen molar-refractivity contribution in [2.24, 2.45) is 5.73 Å². The Morgan fingerprint density at radius 1 is 1.39 bits per heavy atom. The highest BCUT2D eigenvalue weighted by molar-refractivity contribution is 5.49. The molecule has 0 saturated carbocycles. The maximum atomic E-state index is 9.27. The lowest BCUT2D eigenvalue weighted by Crippen LogP contribution is -2.38. The highest BCUT2D eigenvalue weighted by Crippen LogP contribution is 2.25. The van der Waals surface area contributed by atoms with Gasteiger partial charge in [-0.05, 0) is 25.8 Å². The zero-order valence-corrected chi connectivity index (χ0v) is 11.6. The number of rotatable bonds is 7. The third-order valence-corrected chi connectivity index (χ3v) is 3.30. The van der Waals surface area contributed by atoms with E-state index >= 15 is 0 Å². The molecule has 1 atom stereocenters. The number of hydrogen-bond donors (Lipinski definition) is 2. The van der Waals surface area contributed by atoms with E-state index in [0.717, 1.165) is 24.2 Å². The molecule has 1 heterocycles. The van der Waals surface area contributed by atoms with Gasteiger partial charge in [-0.1, -0.05) is 19.9 Å². The molecule has 0 bridgehead atoms. The second kappa shape index (κ2) is 7.34. The van der Waals surface area contributed by atoms with Crippen molar-refractivity contribution in [1.29, 1.82) is 0 Å². The standard InChI is InChI=1S/C14H25N3O/c1-4-12(5-2)17(9-10-18)14-13(11(3)15)7-6-8-16-14/h6-8,11-12,18H,4-5,9-10,15H2,1-3H3. The fourth-order valence-electron chi connectivity index (χ4n) is 2.30. The number of hydrogen-bond acceptors (Lipinski definition) is 4. The molecule has 0 aliphatic heterocycles. The Labute approximate surface area is 110 Å². The van der Waals surface area contributed by atoms with Gasteiger partial charge in [0, 0.05) is 30.4 Å². The quantitative estimate of drug-likeness (QED) is 0.779. The second-order valence-corrected chi connectivity index (χ2v) is 4.59. The summed E-state index contributed by atoms with van der Waals surface area (Å²) < 4.78 is 0. The Kier molecular flexibility index (Phi) is 6.09. The summed E-state index contributed by atoms with van der Waals surface area (Å²) in [7, 11) is 0. The van der Waals surface area contributed by atoms with E-state index in [2.05, 4.69) is 23.7 Å². The summed E-state index contributed by atoms with van der Waals surface area (Å²) in [5, 5.41) is 9.27. The Hall–Kier alpha value is -1.13. The predicted molar refractivity (Wildman–Crippen MR) is 75.6 cm³/mol. The van der Waals surface area contributed by atoms with Crippen LogP contribution in [-0.4, -0.2) is 29.3 Å². The van der Waals surface area contributed by atoms with Crippen LogP contribution in [0.1, 0.15) is 45.2 Å². The molecule has 0 aromatic carbocycles. The van der Waals surface area contributed by atoms with Gasteiger partial charge in [0.15, 0.2) is 0 Å². The summed E-state index contributed by atoms with van der Waals surface area (Å²) >= 11 is 0. The van der Waals surface area contributed by atoms with Crippen LogP contribution in [0.2, 0.25) is 0 Å². The number of nitrogens with zero attached hydrogens (tertiary/aromatic N) is 2. The van der Waals surface area contributed by atoms with Crippen molar-refractivity contribution in [1.82, 2.24) is 4.98 Å². The number of aromatic nitrogens is 1. The van der Waals surface area contributed by atoms with Crippen LogP contribution in [0.15, 0.2) is 18.3 Å². The van der Waals surface area contributed by atoms with Crippen LogP contribution in [0.25, 0.3) is 0 Å². The molecule has 0 fully saturated rings. The molecular weight excluding hydrogens is 226 g/mol. The molecular formula is C14H25N3O. The summed E-state index contributed by atoms with van der Waals surface area (Å²) in [4.78, 5) is 6.65. The monoisotopic (exact) mass is 251 g/mol. The lowest BCUT2D eigenvalue weighted by molar-refractivity contribution is 0.295. The average molecular weight is 251 g/mol. The van der Waals surface area contributed by atoms with Crippen molar-refractivity contribution in [3.05, 3.63) is 23.9 Å². The van der Waals surface area contributed by atoms with E-state index in [0.29, 0.717) is 12.6 Å². The Bertz CT molecular complexity index is 351. The number of nitrogens with two attached hydrogens (primary N) is 1. The molecule has 18 heavy (non-hydrogen) atoms. The summed E-state index contributed by atoms with van der Waals surface area (Å²) in [6.45, 7) is 7.01. The topological polar surface area (TPSA) is 62.4 Å². The normalized spacial score (nSPS) is 12.8. The van der Waals surface area contributed by atoms with Gasteiger partial charge in [-0.3, -0.25) is 0 Å². The molecule has 0 spiro atoms. The third-order valence-electron chi connectivity index (χ3n) is 3.30. The number of aliphatic hydroxyl groups is 1. The summed E-state index contributed by atoms with van der Waals surface area (Å²) in [5.74, 6) is 0.912. The zero-order valence-electron chi connectivity index (χ0n) is 11.6. The van der Waals surface area contributed by atoms with Crippen molar-refractivity contribution in [2.45, 2.75) is 45.7 Å². The van der Waals surface area contributed by atoms with Crippen LogP contribution in [0, 0.1) is 0 Å². The van der Waals surface area contributed by atoms with Crippen molar-refractivity contribution in [2.75, 3.05) is 18.1 Å². The first-order valence-electron chi connectivity index (χ1n) is 6.73. The molecule has 4 heteroatoms. The van der Waals surface area contributed by atoms with Gasteiger partial charge in [0.05, 0.1) is 6.61 Å². The fraction of sp³-hybridized carbons (Fsp3) is 0.643. The van der Waals surface area contributed by atoms with E-state index in [-0.39, 0.29) is 12.6 Å². The van der Waals surface area contributed by atoms with E-state index < -0.39 is 0 Å². The highest BCUT2D eigenvalue weighted by atomic mass is 16.3. The van der Waals surface area contributed by atoms with Gasteiger partial charge in [-0.2, -0.15) is 0 Å². The van der Waals surface area contributed by atoms with Gasteiger partial charge < -0.3 is 15.7 Å². The number of anilines is 1. The van der Waals surface area contributed by atoms with Crippen molar-refractivity contribution >= 4 is 5.82 Å². The van der Waals surface area contributed by atoms with Crippen molar-refractivity contribution in [3.8, 4) is 0 Å². The first kappa shape index (κ1) is 14.9. The molecule has 0 saturated heterocycles. The number of pyridine rings is 1. The van der Waals surface area contributed by atoms with E-state index in [9.17, 15) is 5.11 Å². The smallest absolute Gasteiger partial charge is 0.133 e. The highest BCUT2D eigenvalue weighted by Gasteiger charge is 2.20. The molecule has 1 unspecified atom stereocenters. The summed E-state index contributed by atoms with van der Waals surface area (Å²) in [5.41, 5.74) is 7.04. The Morgan fingerprint density at radius 2 is 2.06 bits per heavy atom. The lowest BCUT2D eigenvalue weighted by Gasteiger charge is -2.33. The van der Waals surface area contributed by atoms with Crippen LogP contribution in [0.3, 0.4) is 0 Å². The average Bonchev–Trinajstić information content (AvgIpc) is 2.39. The minimum atomic E-state index is -0.0516. The predicted octanol–water partition coefficient (Wildman–Crippen LogP) is 2.09. The first-order valence-corrected chi connectivity index (χ1v) is 6.73. The molecule has 0 aliphatic carbocycles. The lowest BCUT2D eigenvalue weighted by atomic mass is 10.1. The maximum Gasteiger partial charge on any atom is 0.133 e. The minimum Gasteiger partial charge on any atom is -0.395 e. The van der Waals surface area contributed by atoms with Crippen LogP contribution < -0.4 is 10.6 Å². The van der Waals surface area contributed by atoms with Crippen molar-refractivity contribution < 1.29 is 5.11 Å². The first-order chi connectivity index (χ1) is 8.65. The molecule has 1 rings (SSSR count). The SMILES string of the molecule is CCC(CC)N(CCO)c1ncccc1C(C)N. The third kappa shape index (κ3) is 3.43. The van der Waals surface area contributed by atoms with Gasteiger partial charge >= 0.3 is 0 Å². The summed E-state index contributed by atoms with van der Waals surface area (Å²) in [6.07, 6.45) is 3.85. The molecule has 0 radical (unpaired) electrons. The Balaban J connectivity index is 3.12. The fourth-order valence-corrected chi connectivity index (χ4v) is 2.30. The van der Waals surface area contributed by atoms with Gasteiger partial charge in [0.1, 0.15) is 5.82 Å².